The molecule has 3 aromatic carbocycles. The Morgan fingerprint density at radius 2 is 1.74 bits per heavy atom. The maximum absolute atomic E-state index is 13.6. The lowest BCUT2D eigenvalue weighted by Gasteiger charge is -2.13. The molecule has 0 amide bonds. The van der Waals surface area contributed by atoms with E-state index in [2.05, 4.69) is 4.99 Å². The molecule has 4 rings (SSSR count). The number of ether oxygens (including phenoxy) is 3. The zero-order valence-corrected chi connectivity index (χ0v) is 19.5. The molecule has 0 unspecified atom stereocenters. The van der Waals surface area contributed by atoms with E-state index < -0.39 is 17.6 Å². The van der Waals surface area contributed by atoms with Gasteiger partial charge in [0.2, 0.25) is 5.90 Å². The number of hydrogen-bond donors (Lipinski definition) is 0. The lowest BCUT2D eigenvalue weighted by atomic mass is 10.1. The van der Waals surface area contributed by atoms with E-state index >= 15 is 0 Å². The summed E-state index contributed by atoms with van der Waals surface area (Å²) in [5.41, 5.74) is 2.45. The van der Waals surface area contributed by atoms with Gasteiger partial charge in [0.05, 0.1) is 22.7 Å². The summed E-state index contributed by atoms with van der Waals surface area (Å²) in [5.74, 6) is -2.60. The monoisotopic (exact) mass is 503 g/mol. The number of nitrogens with zero attached hydrogens (tertiary/aromatic N) is 1. The van der Waals surface area contributed by atoms with E-state index in [0.717, 1.165) is 23.3 Å². The van der Waals surface area contributed by atoms with Gasteiger partial charge in [-0.3, -0.25) is 0 Å². The molecule has 1 aliphatic rings. The van der Waals surface area contributed by atoms with Gasteiger partial charge in [0, 0.05) is 0 Å². The fourth-order valence-electron chi connectivity index (χ4n) is 3.17. The summed E-state index contributed by atoms with van der Waals surface area (Å²) in [6, 6.07) is 12.7. The van der Waals surface area contributed by atoms with Gasteiger partial charge in [-0.1, -0.05) is 53.0 Å². The van der Waals surface area contributed by atoms with Crippen LogP contribution in [0.5, 0.6) is 11.5 Å². The smallest absolute Gasteiger partial charge is 0.363 e. The quantitative estimate of drug-likeness (QED) is 0.218. The summed E-state index contributed by atoms with van der Waals surface area (Å²) >= 11 is 12.4. The minimum atomic E-state index is -1.15. The van der Waals surface area contributed by atoms with Crippen molar-refractivity contribution < 1.29 is 27.8 Å². The van der Waals surface area contributed by atoms with Crippen LogP contribution < -0.4 is 9.47 Å². The molecule has 3 aromatic rings. The van der Waals surface area contributed by atoms with Crippen molar-refractivity contribution in [3.63, 3.8) is 0 Å². The van der Waals surface area contributed by atoms with Crippen LogP contribution in [0.1, 0.15) is 22.3 Å². The Balaban J connectivity index is 1.61. The maximum Gasteiger partial charge on any atom is 0.363 e. The number of carbonyl (C=O) groups excluding carboxylic acids is 1. The van der Waals surface area contributed by atoms with Crippen LogP contribution in [0.2, 0.25) is 10.0 Å². The lowest BCUT2D eigenvalue weighted by molar-refractivity contribution is -0.129. The first-order valence-corrected chi connectivity index (χ1v) is 10.7. The highest BCUT2D eigenvalue weighted by Crippen LogP contribution is 2.38. The molecule has 174 valence electrons. The molecule has 0 radical (unpaired) electrons. The van der Waals surface area contributed by atoms with Gasteiger partial charge in [-0.25, -0.2) is 18.6 Å². The third-order valence-corrected chi connectivity index (χ3v) is 5.51. The number of halogens is 4. The Labute approximate surface area is 204 Å². The number of esters is 1. The molecule has 0 fully saturated rings. The molecule has 0 saturated heterocycles. The number of methoxy groups -OCH3 is 1. The Morgan fingerprint density at radius 3 is 2.44 bits per heavy atom. The van der Waals surface area contributed by atoms with E-state index in [-0.39, 0.29) is 33.8 Å². The van der Waals surface area contributed by atoms with Gasteiger partial charge >= 0.3 is 5.97 Å². The van der Waals surface area contributed by atoms with Crippen molar-refractivity contribution in [1.82, 2.24) is 0 Å². The molecule has 1 aliphatic heterocycles. The average Bonchev–Trinajstić information content (AvgIpc) is 3.16. The predicted molar refractivity (Wildman–Crippen MR) is 125 cm³/mol. The highest BCUT2D eigenvalue weighted by atomic mass is 35.5. The largest absolute Gasteiger partial charge is 0.493 e. The normalized spacial score (nSPS) is 14.2. The number of cyclic esters (lactones) is 1. The van der Waals surface area contributed by atoms with Crippen LogP contribution in [-0.2, 0) is 16.1 Å². The fourth-order valence-corrected chi connectivity index (χ4v) is 3.68. The zero-order chi connectivity index (χ0) is 24.4. The maximum atomic E-state index is 13.6. The molecule has 5 nitrogen and oxygen atoms in total. The number of hydrogen-bond acceptors (Lipinski definition) is 5. The first-order valence-electron chi connectivity index (χ1n) is 9.98. The topological polar surface area (TPSA) is 57.1 Å². The third kappa shape index (κ3) is 5.05. The minimum absolute atomic E-state index is 0.0483. The first-order chi connectivity index (χ1) is 16.2. The van der Waals surface area contributed by atoms with Gasteiger partial charge in [-0.2, -0.15) is 0 Å². The molecule has 0 spiro atoms. The van der Waals surface area contributed by atoms with E-state index in [0.29, 0.717) is 17.1 Å². The molecular weight excluding hydrogens is 487 g/mol. The van der Waals surface area contributed by atoms with Crippen molar-refractivity contribution in [3.05, 3.63) is 98.2 Å². The van der Waals surface area contributed by atoms with Gasteiger partial charge in [-0.05, 0) is 48.4 Å². The summed E-state index contributed by atoms with van der Waals surface area (Å²) < 4.78 is 43.3. The molecule has 0 aliphatic carbocycles. The van der Waals surface area contributed by atoms with Crippen molar-refractivity contribution in [1.29, 1.82) is 0 Å². The van der Waals surface area contributed by atoms with Gasteiger partial charge < -0.3 is 14.2 Å². The van der Waals surface area contributed by atoms with Gasteiger partial charge in [0.15, 0.2) is 28.8 Å². The first kappa shape index (κ1) is 23.7. The second-order valence-electron chi connectivity index (χ2n) is 7.39. The van der Waals surface area contributed by atoms with Crippen LogP contribution in [0.25, 0.3) is 6.08 Å². The molecule has 9 heteroatoms. The predicted octanol–water partition coefficient (Wildman–Crippen LogP) is 6.51. The second kappa shape index (κ2) is 9.83. The van der Waals surface area contributed by atoms with Crippen LogP contribution in [0.4, 0.5) is 8.78 Å². The third-order valence-electron chi connectivity index (χ3n) is 4.92. The van der Waals surface area contributed by atoms with E-state index in [1.54, 1.807) is 12.1 Å². The van der Waals surface area contributed by atoms with Crippen molar-refractivity contribution in [2.24, 2.45) is 4.99 Å². The molecule has 34 heavy (non-hydrogen) atoms. The summed E-state index contributed by atoms with van der Waals surface area (Å²) in [5, 5.41) is 0.115. The van der Waals surface area contributed by atoms with Crippen LogP contribution >= 0.6 is 23.2 Å². The van der Waals surface area contributed by atoms with Gasteiger partial charge in [0.25, 0.3) is 0 Å². The highest BCUT2D eigenvalue weighted by Gasteiger charge is 2.27. The van der Waals surface area contributed by atoms with Crippen molar-refractivity contribution in [2.45, 2.75) is 13.5 Å². The highest BCUT2D eigenvalue weighted by molar-refractivity contribution is 6.34. The zero-order valence-electron chi connectivity index (χ0n) is 18.0. The molecule has 0 saturated carbocycles. The van der Waals surface area contributed by atoms with Gasteiger partial charge in [-0.15, -0.1) is 0 Å². The number of carbonyl (C=O) groups is 1. The number of aryl methyl sites for hydroxylation is 1. The van der Waals surface area contributed by atoms with E-state index in [1.807, 2.05) is 31.2 Å². The Bertz CT molecular complexity index is 1340. The number of rotatable bonds is 6. The van der Waals surface area contributed by atoms with Crippen molar-refractivity contribution >= 4 is 41.1 Å². The van der Waals surface area contributed by atoms with Crippen LogP contribution in [0, 0.1) is 18.6 Å². The standard InChI is InChI=1S/C25H17Cl2F2NO4/c1-13-3-5-14(6-4-13)12-33-23-18(27)7-15(9-22(23)32-2)8-21-25(31)34-24(30-21)16-10-19(28)20(29)11-17(16)26/h3-11H,12H2,1-2H3. The number of aliphatic imine (C=N–C) groups is 1. The number of benzene rings is 3. The summed E-state index contributed by atoms with van der Waals surface area (Å²) in [6.07, 6.45) is 1.42. The van der Waals surface area contributed by atoms with Crippen LogP contribution in [-0.4, -0.2) is 19.0 Å². The van der Waals surface area contributed by atoms with Crippen LogP contribution in [0.15, 0.2) is 59.2 Å². The Morgan fingerprint density at radius 1 is 1.03 bits per heavy atom. The van der Waals surface area contributed by atoms with E-state index in [4.69, 9.17) is 37.4 Å². The van der Waals surface area contributed by atoms with E-state index in [1.165, 1.54) is 13.2 Å². The Hall–Kier alpha value is -3.42. The second-order valence-corrected chi connectivity index (χ2v) is 8.21. The lowest BCUT2D eigenvalue weighted by Crippen LogP contribution is -2.07. The average molecular weight is 504 g/mol. The summed E-state index contributed by atoms with van der Waals surface area (Å²) in [4.78, 5) is 16.4. The molecule has 0 atom stereocenters. The fraction of sp³-hybridized carbons (Fsp3) is 0.120. The van der Waals surface area contributed by atoms with Gasteiger partial charge in [0.1, 0.15) is 6.61 Å². The minimum Gasteiger partial charge on any atom is -0.493 e. The van der Waals surface area contributed by atoms with Crippen LogP contribution in [0.3, 0.4) is 0 Å². The van der Waals surface area contributed by atoms with Crippen molar-refractivity contribution in [2.75, 3.05) is 7.11 Å². The molecule has 0 bridgehead atoms. The van der Waals surface area contributed by atoms with Crippen molar-refractivity contribution in [3.8, 4) is 11.5 Å². The van der Waals surface area contributed by atoms with E-state index in [9.17, 15) is 13.6 Å². The Kier molecular flexibility index (Phi) is 6.86. The molecular formula is C25H17Cl2F2NO4. The SMILES string of the molecule is COc1cc(C=C2N=C(c3cc(F)c(F)cc3Cl)OC2=O)cc(Cl)c1OCc1ccc(C)cc1. The molecule has 1 heterocycles. The summed E-state index contributed by atoms with van der Waals surface area (Å²) in [7, 11) is 1.46. The molecule has 0 aromatic heterocycles. The molecule has 0 N–H and O–H groups in total. The summed E-state index contributed by atoms with van der Waals surface area (Å²) in [6.45, 7) is 2.28.